The molecule has 126 valence electrons. The molecule has 0 aliphatic carbocycles. The molecule has 0 N–H and O–H groups in total. The fourth-order valence-corrected chi connectivity index (χ4v) is 3.20. The van der Waals surface area contributed by atoms with Crippen LogP contribution in [0.5, 0.6) is 0 Å². The second-order valence-electron chi connectivity index (χ2n) is 5.45. The molecular formula is C17H19N3O3S. The standard InChI is InChI=1S/C17H19N3O3S/c1-3-7-16-19-15(20-23-16)11-24(21)12(2)17-18-10-14(22-17)13-8-5-4-6-9-13/h4-6,8-10,12H,3,7,11H2,1-2H3. The van der Waals surface area contributed by atoms with Crippen molar-refractivity contribution >= 4 is 10.8 Å². The maximum atomic E-state index is 12.5. The summed E-state index contributed by atoms with van der Waals surface area (Å²) in [5.41, 5.74) is 0.941. The Kier molecular flexibility index (Phi) is 5.20. The second kappa shape index (κ2) is 7.53. The molecule has 6 nitrogen and oxygen atoms in total. The molecule has 7 heteroatoms. The summed E-state index contributed by atoms with van der Waals surface area (Å²) in [6, 6.07) is 9.70. The molecule has 0 aliphatic heterocycles. The summed E-state index contributed by atoms with van der Waals surface area (Å²) in [6.45, 7) is 3.86. The van der Waals surface area contributed by atoms with Crippen LogP contribution in [0.4, 0.5) is 0 Å². The van der Waals surface area contributed by atoms with E-state index in [1.807, 2.05) is 44.2 Å². The van der Waals surface area contributed by atoms with Gasteiger partial charge in [-0.2, -0.15) is 4.98 Å². The van der Waals surface area contributed by atoms with Crippen molar-refractivity contribution in [1.82, 2.24) is 15.1 Å². The second-order valence-corrected chi connectivity index (χ2v) is 7.21. The highest BCUT2D eigenvalue weighted by atomic mass is 32.2. The van der Waals surface area contributed by atoms with Crippen molar-refractivity contribution < 1.29 is 13.1 Å². The van der Waals surface area contributed by atoms with Crippen LogP contribution in [-0.2, 0) is 23.0 Å². The van der Waals surface area contributed by atoms with Gasteiger partial charge in [0.05, 0.1) is 11.9 Å². The topological polar surface area (TPSA) is 82.0 Å². The first-order valence-corrected chi connectivity index (χ1v) is 9.25. The highest BCUT2D eigenvalue weighted by Gasteiger charge is 2.21. The summed E-state index contributed by atoms with van der Waals surface area (Å²) in [7, 11) is -1.24. The number of benzene rings is 1. The summed E-state index contributed by atoms with van der Waals surface area (Å²) in [4.78, 5) is 8.51. The molecule has 2 aromatic heterocycles. The van der Waals surface area contributed by atoms with Crippen molar-refractivity contribution in [3.8, 4) is 11.3 Å². The van der Waals surface area contributed by atoms with E-state index in [2.05, 4.69) is 15.1 Å². The summed E-state index contributed by atoms with van der Waals surface area (Å²) in [5.74, 6) is 2.37. The van der Waals surface area contributed by atoms with Crippen molar-refractivity contribution in [3.63, 3.8) is 0 Å². The van der Waals surface area contributed by atoms with Crippen LogP contribution in [0.1, 0.15) is 43.1 Å². The van der Waals surface area contributed by atoms with Crippen LogP contribution in [0.25, 0.3) is 11.3 Å². The fourth-order valence-electron chi connectivity index (χ4n) is 2.24. The molecule has 0 bridgehead atoms. The molecule has 2 unspecified atom stereocenters. The summed E-state index contributed by atoms with van der Waals surface area (Å²) in [5, 5.41) is 3.52. The third-order valence-corrected chi connectivity index (χ3v) is 5.10. The number of nitrogens with zero attached hydrogens (tertiary/aromatic N) is 3. The third kappa shape index (κ3) is 3.79. The van der Waals surface area contributed by atoms with E-state index in [0.29, 0.717) is 23.4 Å². The molecule has 0 aliphatic rings. The molecule has 0 saturated heterocycles. The zero-order valence-corrected chi connectivity index (χ0v) is 14.5. The van der Waals surface area contributed by atoms with Gasteiger partial charge in [-0.15, -0.1) is 0 Å². The molecule has 0 fully saturated rings. The molecule has 24 heavy (non-hydrogen) atoms. The number of oxazole rings is 1. The summed E-state index contributed by atoms with van der Waals surface area (Å²) >= 11 is 0. The SMILES string of the molecule is CCCc1nc(CS(=O)C(C)c2ncc(-c3ccccc3)o2)no1. The van der Waals surface area contributed by atoms with E-state index in [0.717, 1.165) is 18.4 Å². The van der Waals surface area contributed by atoms with E-state index in [1.165, 1.54) is 0 Å². The smallest absolute Gasteiger partial charge is 0.226 e. The minimum Gasteiger partial charge on any atom is -0.439 e. The molecule has 3 aromatic rings. The molecule has 3 rings (SSSR count). The summed E-state index contributed by atoms with van der Waals surface area (Å²) in [6.07, 6.45) is 3.32. The average molecular weight is 345 g/mol. The van der Waals surface area contributed by atoms with Crippen molar-refractivity contribution in [1.29, 1.82) is 0 Å². The van der Waals surface area contributed by atoms with Crippen LogP contribution in [0.15, 0.2) is 45.5 Å². The monoisotopic (exact) mass is 345 g/mol. The predicted molar refractivity (Wildman–Crippen MR) is 90.5 cm³/mol. The van der Waals surface area contributed by atoms with E-state index in [-0.39, 0.29) is 11.0 Å². The van der Waals surface area contributed by atoms with Gasteiger partial charge in [0.2, 0.25) is 11.8 Å². The molecule has 0 amide bonds. The number of aryl methyl sites for hydroxylation is 1. The Morgan fingerprint density at radius 2 is 2.04 bits per heavy atom. The van der Waals surface area contributed by atoms with E-state index >= 15 is 0 Å². The number of hydrogen-bond donors (Lipinski definition) is 0. The maximum Gasteiger partial charge on any atom is 0.226 e. The minimum absolute atomic E-state index is 0.220. The van der Waals surface area contributed by atoms with Crippen molar-refractivity contribution in [2.45, 2.75) is 37.7 Å². The van der Waals surface area contributed by atoms with Gasteiger partial charge in [0.1, 0.15) is 5.25 Å². The van der Waals surface area contributed by atoms with Crippen molar-refractivity contribution in [2.75, 3.05) is 0 Å². The van der Waals surface area contributed by atoms with Crippen molar-refractivity contribution in [3.05, 3.63) is 54.1 Å². The first-order valence-electron chi connectivity index (χ1n) is 7.87. The summed E-state index contributed by atoms with van der Waals surface area (Å²) < 4.78 is 23.4. The van der Waals surface area contributed by atoms with Crippen LogP contribution in [0.2, 0.25) is 0 Å². The molecule has 0 spiro atoms. The van der Waals surface area contributed by atoms with Crippen molar-refractivity contribution in [2.24, 2.45) is 0 Å². The van der Waals surface area contributed by atoms with Gasteiger partial charge in [-0.05, 0) is 13.3 Å². The Morgan fingerprint density at radius 1 is 1.25 bits per heavy atom. The Balaban J connectivity index is 1.68. The molecule has 0 saturated carbocycles. The molecule has 0 radical (unpaired) electrons. The van der Waals surface area contributed by atoms with Gasteiger partial charge in [0, 0.05) is 22.8 Å². The maximum absolute atomic E-state index is 12.5. The average Bonchev–Trinajstić information content (AvgIpc) is 3.25. The Labute approximate surface area is 142 Å². The van der Waals surface area contributed by atoms with Gasteiger partial charge in [-0.3, -0.25) is 4.21 Å². The Morgan fingerprint density at radius 3 is 2.79 bits per heavy atom. The van der Waals surface area contributed by atoms with Crippen LogP contribution in [0, 0.1) is 0 Å². The molecule has 1 aromatic carbocycles. The lowest BCUT2D eigenvalue weighted by molar-refractivity contribution is 0.373. The Bertz CT molecular complexity index is 813. The van der Waals surface area contributed by atoms with Crippen LogP contribution < -0.4 is 0 Å². The van der Waals surface area contributed by atoms with Gasteiger partial charge in [-0.1, -0.05) is 42.4 Å². The highest BCUT2D eigenvalue weighted by molar-refractivity contribution is 7.84. The number of hydrogen-bond acceptors (Lipinski definition) is 6. The lowest BCUT2D eigenvalue weighted by Crippen LogP contribution is -2.06. The van der Waals surface area contributed by atoms with Crippen LogP contribution >= 0.6 is 0 Å². The zero-order valence-electron chi connectivity index (χ0n) is 13.6. The molecular weight excluding hydrogens is 326 g/mol. The Hall–Kier alpha value is -2.28. The first-order chi connectivity index (χ1) is 11.7. The van der Waals surface area contributed by atoms with Crippen LogP contribution in [-0.4, -0.2) is 19.3 Å². The lowest BCUT2D eigenvalue weighted by atomic mass is 10.2. The number of rotatable bonds is 7. The first kappa shape index (κ1) is 16.6. The van der Waals surface area contributed by atoms with E-state index in [4.69, 9.17) is 8.94 Å². The quantitative estimate of drug-likeness (QED) is 0.649. The largest absolute Gasteiger partial charge is 0.439 e. The van der Waals surface area contributed by atoms with E-state index in [1.54, 1.807) is 6.20 Å². The van der Waals surface area contributed by atoms with E-state index < -0.39 is 10.8 Å². The molecule has 2 atom stereocenters. The number of aromatic nitrogens is 3. The van der Waals surface area contributed by atoms with Gasteiger partial charge in [0.15, 0.2) is 11.6 Å². The van der Waals surface area contributed by atoms with Crippen LogP contribution in [0.3, 0.4) is 0 Å². The zero-order chi connectivity index (χ0) is 16.9. The van der Waals surface area contributed by atoms with Gasteiger partial charge < -0.3 is 8.94 Å². The van der Waals surface area contributed by atoms with Gasteiger partial charge in [0.25, 0.3) is 0 Å². The lowest BCUT2D eigenvalue weighted by Gasteiger charge is -2.05. The predicted octanol–water partition coefficient (Wildman–Crippen LogP) is 3.69. The normalized spacial score (nSPS) is 13.8. The third-order valence-electron chi connectivity index (χ3n) is 3.57. The van der Waals surface area contributed by atoms with Gasteiger partial charge >= 0.3 is 0 Å². The molecule has 2 heterocycles. The van der Waals surface area contributed by atoms with Gasteiger partial charge in [-0.25, -0.2) is 4.98 Å². The minimum atomic E-state index is -1.24. The highest BCUT2D eigenvalue weighted by Crippen LogP contribution is 2.26. The van der Waals surface area contributed by atoms with E-state index in [9.17, 15) is 4.21 Å². The fraction of sp³-hybridized carbons (Fsp3) is 0.353.